The largest absolute Gasteiger partial charge is 0.481 e. The van der Waals surface area contributed by atoms with E-state index in [2.05, 4.69) is 34.9 Å². The van der Waals surface area contributed by atoms with Crippen LogP contribution in [0.15, 0.2) is 48.5 Å². The molecule has 0 radical (unpaired) electrons. The number of fused-ring (bicyclic) bond motifs is 3. The van der Waals surface area contributed by atoms with Crippen molar-refractivity contribution in [3.05, 3.63) is 59.7 Å². The Bertz CT molecular complexity index is 975. The third kappa shape index (κ3) is 4.77. The molecular formula is C25H28N2O5. The molecule has 2 amide bonds. The first kappa shape index (κ1) is 21.9. The van der Waals surface area contributed by atoms with Crippen LogP contribution in [0.25, 0.3) is 11.1 Å². The lowest BCUT2D eigenvalue weighted by Gasteiger charge is -2.15. The summed E-state index contributed by atoms with van der Waals surface area (Å²) in [6, 6.07) is 16.0. The van der Waals surface area contributed by atoms with E-state index in [4.69, 9.17) is 9.84 Å². The van der Waals surface area contributed by atoms with E-state index in [1.165, 1.54) is 11.1 Å². The number of carboxylic acid groups (broad SMARTS) is 1. The van der Waals surface area contributed by atoms with Crippen LogP contribution in [0.2, 0.25) is 0 Å². The van der Waals surface area contributed by atoms with Crippen LogP contribution < -0.4 is 10.6 Å². The Labute approximate surface area is 187 Å². The fourth-order valence-corrected chi connectivity index (χ4v) is 4.47. The molecule has 1 fully saturated rings. The van der Waals surface area contributed by atoms with Crippen molar-refractivity contribution in [3.63, 3.8) is 0 Å². The maximum Gasteiger partial charge on any atom is 0.407 e. The number of carbonyl (C=O) groups excluding carboxylic acids is 2. The monoisotopic (exact) mass is 436 g/mol. The number of amides is 2. The Hall–Kier alpha value is -3.35. The number of ether oxygens (including phenoxy) is 1. The summed E-state index contributed by atoms with van der Waals surface area (Å²) in [6.45, 7) is 2.46. The summed E-state index contributed by atoms with van der Waals surface area (Å²) in [5.41, 5.74) is 4.67. The molecule has 4 rings (SSSR count). The van der Waals surface area contributed by atoms with Crippen molar-refractivity contribution in [3.8, 4) is 11.1 Å². The molecule has 0 saturated heterocycles. The summed E-state index contributed by atoms with van der Waals surface area (Å²) in [6.07, 6.45) is 0.666. The maximum absolute atomic E-state index is 12.3. The number of aliphatic carboxylic acids is 1. The second kappa shape index (κ2) is 9.42. The fourth-order valence-electron chi connectivity index (χ4n) is 4.47. The third-order valence-electron chi connectivity index (χ3n) is 6.37. The van der Waals surface area contributed by atoms with E-state index in [0.29, 0.717) is 19.4 Å². The van der Waals surface area contributed by atoms with Crippen LogP contribution in [-0.2, 0) is 14.3 Å². The van der Waals surface area contributed by atoms with Gasteiger partial charge >= 0.3 is 12.1 Å². The first-order chi connectivity index (χ1) is 15.5. The van der Waals surface area contributed by atoms with E-state index >= 15 is 0 Å². The minimum atomic E-state index is -0.929. The Kier molecular flexibility index (Phi) is 6.44. The molecule has 1 saturated carbocycles. The van der Waals surface area contributed by atoms with Crippen molar-refractivity contribution in [2.45, 2.75) is 38.1 Å². The zero-order valence-electron chi connectivity index (χ0n) is 18.0. The van der Waals surface area contributed by atoms with Crippen LogP contribution in [0.4, 0.5) is 4.79 Å². The van der Waals surface area contributed by atoms with Gasteiger partial charge in [-0.05, 0) is 41.0 Å². The molecular weight excluding hydrogens is 408 g/mol. The molecule has 32 heavy (non-hydrogen) atoms. The van der Waals surface area contributed by atoms with Gasteiger partial charge in [-0.3, -0.25) is 9.59 Å². The predicted molar refractivity (Wildman–Crippen MR) is 119 cm³/mol. The van der Waals surface area contributed by atoms with Crippen LogP contribution in [0.3, 0.4) is 0 Å². The number of carbonyl (C=O) groups is 3. The van der Waals surface area contributed by atoms with Crippen LogP contribution in [0.5, 0.6) is 0 Å². The highest BCUT2D eigenvalue weighted by Crippen LogP contribution is 2.44. The van der Waals surface area contributed by atoms with Gasteiger partial charge in [0.05, 0.1) is 6.42 Å². The summed E-state index contributed by atoms with van der Waals surface area (Å²) >= 11 is 0. The van der Waals surface area contributed by atoms with Gasteiger partial charge in [0.25, 0.3) is 0 Å². The van der Waals surface area contributed by atoms with Gasteiger partial charge in [0, 0.05) is 24.4 Å². The SMILES string of the molecule is CC[C@H](CC(=O)O)NC(=O)[C@H]1C[C@H]1CNC(=O)OCC1c2ccccc2-c2ccccc21. The second-order valence-electron chi connectivity index (χ2n) is 8.52. The predicted octanol–water partition coefficient (Wildman–Crippen LogP) is 3.53. The van der Waals surface area contributed by atoms with E-state index in [9.17, 15) is 14.4 Å². The molecule has 2 aliphatic rings. The summed E-state index contributed by atoms with van der Waals surface area (Å²) in [5, 5.41) is 14.5. The lowest BCUT2D eigenvalue weighted by atomic mass is 9.98. The van der Waals surface area contributed by atoms with E-state index < -0.39 is 12.1 Å². The quantitative estimate of drug-likeness (QED) is 0.558. The molecule has 3 atom stereocenters. The zero-order chi connectivity index (χ0) is 22.7. The highest BCUT2D eigenvalue weighted by molar-refractivity contribution is 5.82. The number of nitrogens with one attached hydrogen (secondary N) is 2. The van der Waals surface area contributed by atoms with Crippen LogP contribution in [-0.4, -0.2) is 42.3 Å². The molecule has 168 valence electrons. The first-order valence-electron chi connectivity index (χ1n) is 11.1. The van der Waals surface area contributed by atoms with Gasteiger partial charge in [-0.15, -0.1) is 0 Å². The zero-order valence-corrected chi connectivity index (χ0v) is 18.0. The molecule has 0 heterocycles. The van der Waals surface area contributed by atoms with Gasteiger partial charge in [0.15, 0.2) is 0 Å². The summed E-state index contributed by atoms with van der Waals surface area (Å²) in [4.78, 5) is 35.4. The number of benzene rings is 2. The molecule has 2 aliphatic carbocycles. The molecule has 7 heteroatoms. The van der Waals surface area contributed by atoms with Crippen molar-refractivity contribution in [2.75, 3.05) is 13.2 Å². The average molecular weight is 437 g/mol. The van der Waals surface area contributed by atoms with Gasteiger partial charge < -0.3 is 20.5 Å². The first-order valence-corrected chi connectivity index (χ1v) is 11.1. The number of hydrogen-bond acceptors (Lipinski definition) is 4. The highest BCUT2D eigenvalue weighted by atomic mass is 16.5. The van der Waals surface area contributed by atoms with Crippen LogP contribution in [0, 0.1) is 11.8 Å². The van der Waals surface area contributed by atoms with Crippen LogP contribution in [0.1, 0.15) is 43.2 Å². The van der Waals surface area contributed by atoms with Crippen molar-refractivity contribution >= 4 is 18.0 Å². The standard InChI is InChI=1S/C25H28N2O5/c1-2-16(12-23(28)29)27-24(30)21-11-15(21)13-26-25(31)32-14-22-19-9-5-3-7-17(19)18-8-4-6-10-20(18)22/h3-10,15-16,21-22H,2,11-14H2,1H3,(H,26,31)(H,27,30)(H,28,29)/t15-,16+,21-/m0/s1. The van der Waals surface area contributed by atoms with E-state index in [1.807, 2.05) is 31.2 Å². The molecule has 0 aliphatic heterocycles. The van der Waals surface area contributed by atoms with Gasteiger partial charge in [-0.2, -0.15) is 0 Å². The van der Waals surface area contributed by atoms with Crippen molar-refractivity contribution in [2.24, 2.45) is 11.8 Å². The number of hydrogen-bond donors (Lipinski definition) is 3. The highest BCUT2D eigenvalue weighted by Gasteiger charge is 2.43. The third-order valence-corrected chi connectivity index (χ3v) is 6.37. The molecule has 0 bridgehead atoms. The van der Waals surface area contributed by atoms with Gasteiger partial charge in [0.1, 0.15) is 6.61 Å². The maximum atomic E-state index is 12.3. The fraction of sp³-hybridized carbons (Fsp3) is 0.400. The molecule has 0 spiro atoms. The number of alkyl carbamates (subject to hydrolysis) is 1. The molecule has 3 N–H and O–H groups in total. The summed E-state index contributed by atoms with van der Waals surface area (Å²) in [5.74, 6) is -1.20. The Balaban J connectivity index is 1.24. The molecule has 0 aromatic heterocycles. The Morgan fingerprint density at radius 3 is 2.28 bits per heavy atom. The molecule has 2 aromatic carbocycles. The van der Waals surface area contributed by atoms with Gasteiger partial charge in [-0.1, -0.05) is 55.5 Å². The van der Waals surface area contributed by atoms with Crippen molar-refractivity contribution in [1.82, 2.24) is 10.6 Å². The Morgan fingerprint density at radius 1 is 1.06 bits per heavy atom. The average Bonchev–Trinajstić information content (AvgIpc) is 3.51. The minimum Gasteiger partial charge on any atom is -0.481 e. The smallest absolute Gasteiger partial charge is 0.407 e. The van der Waals surface area contributed by atoms with E-state index in [-0.39, 0.29) is 42.7 Å². The molecule has 7 nitrogen and oxygen atoms in total. The number of carboxylic acids is 1. The van der Waals surface area contributed by atoms with Crippen molar-refractivity contribution in [1.29, 1.82) is 0 Å². The molecule has 0 unspecified atom stereocenters. The lowest BCUT2D eigenvalue weighted by molar-refractivity contribution is -0.137. The van der Waals surface area contributed by atoms with Gasteiger partial charge in [0.2, 0.25) is 5.91 Å². The van der Waals surface area contributed by atoms with Crippen LogP contribution >= 0.6 is 0 Å². The lowest BCUT2D eigenvalue weighted by Crippen LogP contribution is -2.38. The topological polar surface area (TPSA) is 105 Å². The minimum absolute atomic E-state index is 0.00723. The Morgan fingerprint density at radius 2 is 1.69 bits per heavy atom. The van der Waals surface area contributed by atoms with Gasteiger partial charge in [-0.25, -0.2) is 4.79 Å². The molecule has 2 aromatic rings. The van der Waals surface area contributed by atoms with E-state index in [1.54, 1.807) is 0 Å². The normalized spacial score (nSPS) is 19.4. The number of rotatable bonds is 9. The second-order valence-corrected chi connectivity index (χ2v) is 8.52. The summed E-state index contributed by atoms with van der Waals surface area (Å²) < 4.78 is 5.52. The summed E-state index contributed by atoms with van der Waals surface area (Å²) in [7, 11) is 0. The van der Waals surface area contributed by atoms with Crippen molar-refractivity contribution < 1.29 is 24.2 Å². The van der Waals surface area contributed by atoms with E-state index in [0.717, 1.165) is 11.1 Å².